The van der Waals surface area contributed by atoms with E-state index in [1.165, 1.54) is 95.9 Å². The Balaban J connectivity index is 0.000000245. The van der Waals surface area contributed by atoms with E-state index < -0.39 is 13.1 Å². The van der Waals surface area contributed by atoms with Gasteiger partial charge in [0, 0.05) is 30.0 Å². The van der Waals surface area contributed by atoms with Crippen molar-refractivity contribution in [1.29, 1.82) is 0 Å². The fraction of sp³-hybridized carbons (Fsp3) is 0.455. The number of aromatic amines is 1. The van der Waals surface area contributed by atoms with Gasteiger partial charge in [0.25, 0.3) is 0 Å². The van der Waals surface area contributed by atoms with Gasteiger partial charge in [0.15, 0.2) is 23.5 Å². The van der Waals surface area contributed by atoms with Gasteiger partial charge in [-0.2, -0.15) is 0 Å². The number of aromatic carboxylic acids is 1. The van der Waals surface area contributed by atoms with Crippen molar-refractivity contribution in [2.75, 3.05) is 47.5 Å². The number of quaternary nitrogens is 1. The summed E-state index contributed by atoms with van der Waals surface area (Å²) in [4.78, 5) is 16.3. The number of carbonyl (C=O) groups excluding carboxylic acids is 1. The highest BCUT2D eigenvalue weighted by atomic mass is 19.3. The molecule has 0 saturated carbocycles. The Morgan fingerprint density at radius 3 is 1.89 bits per heavy atom. The van der Waals surface area contributed by atoms with Crippen LogP contribution in [0.4, 0.5) is 8.63 Å². The molecule has 0 atom stereocenters. The number of nitrogens with one attached hydrogen (secondary N) is 2. The first-order valence-electron chi connectivity index (χ1n) is 15.6. The topological polar surface area (TPSA) is 116 Å². The molecular formula is C33H48BF2N3O7. The zero-order valence-electron chi connectivity index (χ0n) is 28.0. The lowest BCUT2D eigenvalue weighted by Gasteiger charge is -2.38. The van der Waals surface area contributed by atoms with Crippen molar-refractivity contribution in [3.63, 3.8) is 0 Å². The molecule has 0 aliphatic carbocycles. The van der Waals surface area contributed by atoms with Crippen LogP contribution in [-0.2, 0) is 9.31 Å². The smallest absolute Gasteiger partial charge is 0.626 e. The number of H-pyrrole nitrogens is 1. The Kier molecular flexibility index (Phi) is 15.4. The predicted molar refractivity (Wildman–Crippen MR) is 173 cm³/mol. The SMILES string of the molecule is CCC[N+](CCC)(CCC)CCC.COc1cc(C(=O)[O-])cc(OC)c1OC.F[B-]1(F)OC(c2ccc[nH]2)=C/C(=C2/C=CC=[NH+]2)O1. The minimum absolute atomic E-state index is 0.0236. The Morgan fingerprint density at radius 1 is 0.935 bits per heavy atom. The van der Waals surface area contributed by atoms with Crippen LogP contribution in [0.25, 0.3) is 5.76 Å². The molecule has 2 aliphatic heterocycles. The zero-order chi connectivity index (χ0) is 34.2. The molecule has 2 N–H and O–H groups in total. The number of aromatic nitrogens is 1. The molecule has 1 aromatic heterocycles. The van der Waals surface area contributed by atoms with E-state index in [9.17, 15) is 18.5 Å². The number of rotatable bonds is 13. The third-order valence-corrected chi connectivity index (χ3v) is 7.21. The molecule has 0 fully saturated rings. The number of methoxy groups -OCH3 is 3. The van der Waals surface area contributed by atoms with Gasteiger partial charge in [0.2, 0.25) is 11.4 Å². The highest BCUT2D eigenvalue weighted by molar-refractivity contribution is 6.53. The molecule has 13 heteroatoms. The van der Waals surface area contributed by atoms with E-state index >= 15 is 0 Å². The van der Waals surface area contributed by atoms with E-state index in [1.54, 1.807) is 36.7 Å². The average Bonchev–Trinajstić information content (AvgIpc) is 3.76. The van der Waals surface area contributed by atoms with Crippen molar-refractivity contribution in [3.8, 4) is 17.2 Å². The maximum Gasteiger partial charge on any atom is 0.726 e. The van der Waals surface area contributed by atoms with Crippen molar-refractivity contribution >= 4 is 25.0 Å². The molecule has 0 amide bonds. The Morgan fingerprint density at radius 2 is 1.50 bits per heavy atom. The molecule has 0 unspecified atom stereocenters. The van der Waals surface area contributed by atoms with Crippen molar-refractivity contribution in [2.45, 2.75) is 53.4 Å². The predicted octanol–water partition coefficient (Wildman–Crippen LogP) is 4.23. The fourth-order valence-electron chi connectivity index (χ4n) is 5.52. The lowest BCUT2D eigenvalue weighted by molar-refractivity contribution is -0.928. The number of benzene rings is 1. The minimum atomic E-state index is -4.36. The Labute approximate surface area is 271 Å². The molecule has 1 aromatic carbocycles. The minimum Gasteiger partial charge on any atom is -0.626 e. The molecule has 0 bridgehead atoms. The molecule has 10 nitrogen and oxygen atoms in total. The fourth-order valence-corrected chi connectivity index (χ4v) is 5.52. The Hall–Kier alpha value is -4.26. The normalized spacial score (nSPS) is 16.2. The maximum atomic E-state index is 13.4. The van der Waals surface area contributed by atoms with Crippen molar-refractivity contribution < 1.29 is 51.5 Å². The standard InChI is InChI=1S/C12H28N.C11H8BF2N2O2.C10H12O5/c1-5-9-13(10-6-2,11-7-3)12-8-4;13-12(14)17-10(8-3-1-5-15-8)7-11(18-12)9-4-2-6-16-9;1-13-7-4-6(10(11)12)5-8(14-2)9(7)15-3/h5-12H2,1-4H3;1-7,15H;4-5H,1-3H3,(H,11,12)/q+1;-1;/b;11-9+;. The second kappa shape index (κ2) is 18.7. The number of hydrogen-bond donors (Lipinski definition) is 2. The number of nitrogens with zero attached hydrogens (tertiary/aromatic N) is 1. The molecular weight excluding hydrogens is 599 g/mol. The van der Waals surface area contributed by atoms with Crippen LogP contribution < -0.4 is 24.3 Å². The van der Waals surface area contributed by atoms with Crippen LogP contribution in [-0.4, -0.2) is 76.3 Å². The zero-order valence-corrected chi connectivity index (χ0v) is 28.0. The number of halogens is 2. The van der Waals surface area contributed by atoms with E-state index in [4.69, 9.17) is 14.2 Å². The van der Waals surface area contributed by atoms with Gasteiger partial charge in [0.1, 0.15) is 5.76 Å². The first-order chi connectivity index (χ1) is 22.0. The molecule has 2 aliphatic rings. The summed E-state index contributed by atoms with van der Waals surface area (Å²) in [5.74, 6) is -0.256. The number of ether oxygens (including phenoxy) is 3. The van der Waals surface area contributed by atoms with E-state index in [-0.39, 0.29) is 28.6 Å². The van der Waals surface area contributed by atoms with E-state index in [1.807, 2.05) is 0 Å². The molecule has 4 rings (SSSR count). The van der Waals surface area contributed by atoms with Crippen LogP contribution in [0, 0.1) is 0 Å². The summed E-state index contributed by atoms with van der Waals surface area (Å²) in [6.45, 7) is 14.8. The molecule has 254 valence electrons. The lowest BCUT2D eigenvalue weighted by atomic mass is 10.1. The van der Waals surface area contributed by atoms with Crippen LogP contribution in [0.5, 0.6) is 17.2 Å². The summed E-state index contributed by atoms with van der Waals surface area (Å²) in [6.07, 6.45) is 13.4. The first kappa shape index (κ1) is 37.9. The van der Waals surface area contributed by atoms with Gasteiger partial charge in [-0.1, -0.05) is 27.7 Å². The van der Waals surface area contributed by atoms with Crippen molar-refractivity contribution in [3.05, 3.63) is 71.4 Å². The van der Waals surface area contributed by atoms with Gasteiger partial charge >= 0.3 is 7.11 Å². The van der Waals surface area contributed by atoms with Gasteiger partial charge in [0.05, 0.1) is 59.2 Å². The van der Waals surface area contributed by atoms with Crippen LogP contribution in [0.15, 0.2) is 60.1 Å². The number of carboxylic acids is 1. The van der Waals surface area contributed by atoms with Gasteiger partial charge < -0.3 is 51.5 Å². The highest BCUT2D eigenvalue weighted by Crippen LogP contribution is 2.38. The average molecular weight is 648 g/mol. The number of carbonyl (C=O) groups is 1. The van der Waals surface area contributed by atoms with Crippen LogP contribution in [0.1, 0.15) is 69.4 Å². The lowest BCUT2D eigenvalue weighted by Crippen LogP contribution is -2.64. The van der Waals surface area contributed by atoms with Crippen molar-refractivity contribution in [1.82, 2.24) is 4.98 Å². The first-order valence-corrected chi connectivity index (χ1v) is 15.6. The molecule has 0 saturated heterocycles. The van der Waals surface area contributed by atoms with Crippen LogP contribution in [0.2, 0.25) is 0 Å². The molecule has 0 spiro atoms. The summed E-state index contributed by atoms with van der Waals surface area (Å²) in [5.41, 5.74) is 0.928. The number of hydrogen-bond acceptors (Lipinski definition) is 7. The third-order valence-electron chi connectivity index (χ3n) is 7.21. The molecule has 0 radical (unpaired) electrons. The number of carboxylic acid groups (broad SMARTS) is 1. The van der Waals surface area contributed by atoms with E-state index in [0.717, 1.165) is 0 Å². The summed E-state index contributed by atoms with van der Waals surface area (Å²) >= 11 is 0. The van der Waals surface area contributed by atoms with Gasteiger partial charge in [-0.25, -0.2) is 4.99 Å². The Bertz CT molecular complexity index is 1310. The number of allylic oxidation sites excluding steroid dienone is 3. The van der Waals surface area contributed by atoms with E-state index in [0.29, 0.717) is 17.1 Å². The van der Waals surface area contributed by atoms with Crippen LogP contribution >= 0.6 is 0 Å². The largest absolute Gasteiger partial charge is 0.726 e. The van der Waals surface area contributed by atoms with Gasteiger partial charge in [-0.3, -0.25) is 0 Å². The van der Waals surface area contributed by atoms with Crippen molar-refractivity contribution in [2.24, 2.45) is 0 Å². The maximum absolute atomic E-state index is 13.4. The molecule has 2 aromatic rings. The monoisotopic (exact) mass is 647 g/mol. The van der Waals surface area contributed by atoms with E-state index in [2.05, 4.69) is 47.0 Å². The summed E-state index contributed by atoms with van der Waals surface area (Å²) in [7, 11) is -0.0855. The molecule has 3 heterocycles. The van der Waals surface area contributed by atoms with Crippen LogP contribution in [0.3, 0.4) is 0 Å². The second-order valence-corrected chi connectivity index (χ2v) is 10.7. The quantitative estimate of drug-likeness (QED) is 0.247. The summed E-state index contributed by atoms with van der Waals surface area (Å²) in [6, 6.07) is 5.98. The third kappa shape index (κ3) is 11.0. The second-order valence-electron chi connectivity index (χ2n) is 10.7. The van der Waals surface area contributed by atoms with Gasteiger partial charge in [-0.15, -0.1) is 0 Å². The summed E-state index contributed by atoms with van der Waals surface area (Å²) in [5, 5.41) is 10.7. The highest BCUT2D eigenvalue weighted by Gasteiger charge is 2.39. The molecule has 46 heavy (non-hydrogen) atoms. The van der Waals surface area contributed by atoms with Gasteiger partial charge in [-0.05, 0) is 49.9 Å². The summed E-state index contributed by atoms with van der Waals surface area (Å²) < 4.78 is 52.3.